The molecule has 0 unspecified atom stereocenters. The Balaban J connectivity index is 2.01. The second kappa shape index (κ2) is 8.83. The van der Waals surface area contributed by atoms with Gasteiger partial charge in [0, 0.05) is 19.1 Å². The van der Waals surface area contributed by atoms with Crippen molar-refractivity contribution in [3.63, 3.8) is 0 Å². The zero-order valence-corrected chi connectivity index (χ0v) is 14.6. The Labute approximate surface area is 144 Å². The van der Waals surface area contributed by atoms with Crippen molar-refractivity contribution in [3.05, 3.63) is 35.9 Å². The van der Waals surface area contributed by atoms with E-state index in [1.807, 2.05) is 32.0 Å². The summed E-state index contributed by atoms with van der Waals surface area (Å²) >= 11 is 0. The van der Waals surface area contributed by atoms with Crippen LogP contribution in [0.3, 0.4) is 0 Å². The van der Waals surface area contributed by atoms with Gasteiger partial charge in [-0.25, -0.2) is 0 Å². The van der Waals surface area contributed by atoms with Crippen LogP contribution in [0.15, 0.2) is 30.3 Å². The van der Waals surface area contributed by atoms with Crippen molar-refractivity contribution in [3.8, 4) is 0 Å². The fourth-order valence-corrected chi connectivity index (χ4v) is 3.29. The van der Waals surface area contributed by atoms with Gasteiger partial charge in [-0.2, -0.15) is 0 Å². The van der Waals surface area contributed by atoms with Crippen molar-refractivity contribution < 1.29 is 14.7 Å². The SMILES string of the molecule is CC[C@H](C)N(CC(=O)O)C(=O)[C@@H]1CCCN(Cc2ccccc2)C1. The lowest BCUT2D eigenvalue weighted by molar-refractivity contribution is -0.149. The zero-order valence-electron chi connectivity index (χ0n) is 14.6. The van der Waals surface area contributed by atoms with Gasteiger partial charge in [0.1, 0.15) is 6.54 Å². The Hall–Kier alpha value is -1.88. The molecule has 0 bridgehead atoms. The van der Waals surface area contributed by atoms with Gasteiger partial charge in [0.25, 0.3) is 0 Å². The van der Waals surface area contributed by atoms with Crippen LogP contribution in [-0.4, -0.2) is 52.5 Å². The molecule has 1 aromatic carbocycles. The molecule has 0 aromatic heterocycles. The van der Waals surface area contributed by atoms with Crippen molar-refractivity contribution in [2.45, 2.75) is 45.7 Å². The molecule has 5 heteroatoms. The normalized spacial score (nSPS) is 19.7. The molecule has 5 nitrogen and oxygen atoms in total. The highest BCUT2D eigenvalue weighted by atomic mass is 16.4. The van der Waals surface area contributed by atoms with Crippen molar-refractivity contribution in [2.24, 2.45) is 5.92 Å². The molecule has 24 heavy (non-hydrogen) atoms. The zero-order chi connectivity index (χ0) is 17.5. The van der Waals surface area contributed by atoms with Crippen LogP contribution in [0.25, 0.3) is 0 Å². The monoisotopic (exact) mass is 332 g/mol. The molecule has 1 heterocycles. The van der Waals surface area contributed by atoms with Crippen LogP contribution in [-0.2, 0) is 16.1 Å². The van der Waals surface area contributed by atoms with E-state index in [4.69, 9.17) is 5.11 Å². The lowest BCUT2D eigenvalue weighted by Crippen LogP contribution is -2.49. The Morgan fingerprint density at radius 1 is 1.33 bits per heavy atom. The van der Waals surface area contributed by atoms with Crippen LogP contribution in [0.4, 0.5) is 0 Å². The molecule has 0 spiro atoms. The number of carboxylic acids is 1. The van der Waals surface area contributed by atoms with Gasteiger partial charge < -0.3 is 10.0 Å². The maximum atomic E-state index is 12.9. The molecule has 0 saturated carbocycles. The molecule has 1 fully saturated rings. The van der Waals surface area contributed by atoms with Crippen molar-refractivity contribution >= 4 is 11.9 Å². The quantitative estimate of drug-likeness (QED) is 0.834. The molecule has 1 aliphatic heterocycles. The second-order valence-electron chi connectivity index (χ2n) is 6.68. The lowest BCUT2D eigenvalue weighted by Gasteiger charge is -2.36. The second-order valence-corrected chi connectivity index (χ2v) is 6.68. The molecule has 1 aliphatic rings. The maximum absolute atomic E-state index is 12.9. The van der Waals surface area contributed by atoms with E-state index in [0.29, 0.717) is 6.54 Å². The summed E-state index contributed by atoms with van der Waals surface area (Å²) in [6.45, 7) is 6.23. The number of hydrogen-bond acceptors (Lipinski definition) is 3. The van der Waals surface area contributed by atoms with Crippen LogP contribution < -0.4 is 0 Å². The smallest absolute Gasteiger partial charge is 0.323 e. The van der Waals surface area contributed by atoms with Gasteiger partial charge in [0.05, 0.1) is 5.92 Å². The van der Waals surface area contributed by atoms with E-state index in [9.17, 15) is 9.59 Å². The maximum Gasteiger partial charge on any atom is 0.323 e. The lowest BCUT2D eigenvalue weighted by atomic mass is 9.95. The van der Waals surface area contributed by atoms with Gasteiger partial charge in [-0.3, -0.25) is 14.5 Å². The molecule has 1 saturated heterocycles. The van der Waals surface area contributed by atoms with Crippen molar-refractivity contribution in [1.82, 2.24) is 9.80 Å². The average molecular weight is 332 g/mol. The Kier molecular flexibility index (Phi) is 6.79. The summed E-state index contributed by atoms with van der Waals surface area (Å²) in [5.74, 6) is -1.05. The molecule has 132 valence electrons. The number of benzene rings is 1. The van der Waals surface area contributed by atoms with Gasteiger partial charge in [-0.1, -0.05) is 37.3 Å². The average Bonchev–Trinajstić information content (AvgIpc) is 2.59. The fraction of sp³-hybridized carbons (Fsp3) is 0.579. The van der Waals surface area contributed by atoms with E-state index in [-0.39, 0.29) is 24.4 Å². The van der Waals surface area contributed by atoms with Crippen LogP contribution in [0, 0.1) is 5.92 Å². The summed E-state index contributed by atoms with van der Waals surface area (Å²) in [7, 11) is 0. The third-order valence-corrected chi connectivity index (χ3v) is 4.82. The number of piperidine rings is 1. The first kappa shape index (κ1) is 18.5. The summed E-state index contributed by atoms with van der Waals surface area (Å²) in [4.78, 5) is 27.8. The van der Waals surface area contributed by atoms with E-state index in [2.05, 4.69) is 17.0 Å². The molecule has 2 atom stereocenters. The van der Waals surface area contributed by atoms with Gasteiger partial charge in [0.2, 0.25) is 5.91 Å². The highest BCUT2D eigenvalue weighted by Gasteiger charge is 2.31. The van der Waals surface area contributed by atoms with Crippen LogP contribution in [0.1, 0.15) is 38.7 Å². The summed E-state index contributed by atoms with van der Waals surface area (Å²) in [6, 6.07) is 10.2. The summed E-state index contributed by atoms with van der Waals surface area (Å²) in [5, 5.41) is 9.12. The van der Waals surface area contributed by atoms with E-state index < -0.39 is 5.97 Å². The first-order valence-corrected chi connectivity index (χ1v) is 8.79. The van der Waals surface area contributed by atoms with Gasteiger partial charge in [-0.15, -0.1) is 0 Å². The summed E-state index contributed by atoms with van der Waals surface area (Å²) in [6.07, 6.45) is 2.58. The molecule has 0 aliphatic carbocycles. The predicted molar refractivity (Wildman–Crippen MR) is 93.5 cm³/mol. The molecule has 1 amide bonds. The van der Waals surface area contributed by atoms with Crippen LogP contribution in [0.2, 0.25) is 0 Å². The first-order valence-electron chi connectivity index (χ1n) is 8.79. The predicted octanol–water partition coefficient (Wildman–Crippen LogP) is 2.61. The third kappa shape index (κ3) is 5.06. The molecule has 2 rings (SSSR count). The first-order chi connectivity index (χ1) is 11.5. The number of nitrogens with zero attached hydrogens (tertiary/aromatic N) is 2. The minimum Gasteiger partial charge on any atom is -0.480 e. The Bertz CT molecular complexity index is 547. The number of carboxylic acid groups (broad SMARTS) is 1. The topological polar surface area (TPSA) is 60.9 Å². The highest BCUT2D eigenvalue weighted by molar-refractivity contribution is 5.83. The Morgan fingerprint density at radius 3 is 2.67 bits per heavy atom. The van der Waals surface area contributed by atoms with Gasteiger partial charge >= 0.3 is 5.97 Å². The number of carbonyl (C=O) groups is 2. The number of carbonyl (C=O) groups excluding carboxylic acids is 1. The van der Waals surface area contributed by atoms with E-state index in [0.717, 1.165) is 32.4 Å². The Morgan fingerprint density at radius 2 is 2.04 bits per heavy atom. The molecule has 0 radical (unpaired) electrons. The van der Waals surface area contributed by atoms with Crippen molar-refractivity contribution in [2.75, 3.05) is 19.6 Å². The minimum atomic E-state index is -0.944. The standard InChI is InChI=1S/C19H28N2O3/c1-3-15(2)21(14-18(22)23)19(24)17-10-7-11-20(13-17)12-16-8-5-4-6-9-16/h4-6,8-9,15,17H,3,7,10-14H2,1-2H3,(H,22,23)/t15-,17+/m0/s1. The van der Waals surface area contributed by atoms with E-state index in [1.54, 1.807) is 4.90 Å². The van der Waals surface area contributed by atoms with Crippen LogP contribution in [0.5, 0.6) is 0 Å². The number of aliphatic carboxylic acids is 1. The minimum absolute atomic E-state index is 0.00971. The van der Waals surface area contributed by atoms with Crippen LogP contribution >= 0.6 is 0 Å². The summed E-state index contributed by atoms with van der Waals surface area (Å²) in [5.41, 5.74) is 1.25. The number of rotatable bonds is 7. The number of amides is 1. The third-order valence-electron chi connectivity index (χ3n) is 4.82. The summed E-state index contributed by atoms with van der Waals surface area (Å²) < 4.78 is 0. The molecular weight excluding hydrogens is 304 g/mol. The van der Waals surface area contributed by atoms with Gasteiger partial charge in [0.15, 0.2) is 0 Å². The molecular formula is C19H28N2O3. The fourth-order valence-electron chi connectivity index (χ4n) is 3.29. The van der Waals surface area contributed by atoms with E-state index in [1.165, 1.54) is 5.56 Å². The number of likely N-dealkylation sites (tertiary alicyclic amines) is 1. The highest BCUT2D eigenvalue weighted by Crippen LogP contribution is 2.22. The van der Waals surface area contributed by atoms with E-state index >= 15 is 0 Å². The van der Waals surface area contributed by atoms with Gasteiger partial charge in [-0.05, 0) is 38.3 Å². The number of hydrogen-bond donors (Lipinski definition) is 1. The largest absolute Gasteiger partial charge is 0.480 e. The molecule has 1 N–H and O–H groups in total. The van der Waals surface area contributed by atoms with Crippen molar-refractivity contribution in [1.29, 1.82) is 0 Å². The molecule has 1 aromatic rings.